The van der Waals surface area contributed by atoms with Crippen LogP contribution in [0.1, 0.15) is 31.2 Å². The average molecular weight is 223 g/mol. The monoisotopic (exact) mass is 223 g/mol. The molecule has 1 aromatic heterocycles. The molecule has 0 saturated carbocycles. The van der Waals surface area contributed by atoms with Gasteiger partial charge in [0.05, 0.1) is 5.69 Å². The first-order chi connectivity index (χ1) is 7.70. The van der Waals surface area contributed by atoms with Gasteiger partial charge >= 0.3 is 0 Å². The summed E-state index contributed by atoms with van der Waals surface area (Å²) in [6, 6.07) is 0.500. The van der Waals surface area contributed by atoms with E-state index in [1.165, 1.54) is 19.2 Å². The Balaban J connectivity index is 2.01. The number of oxazole rings is 1. The number of nitrogens with zero attached hydrogens (tertiary/aromatic N) is 2. The van der Waals surface area contributed by atoms with Crippen LogP contribution in [0.3, 0.4) is 0 Å². The molecule has 2 N–H and O–H groups in total. The topological polar surface area (TPSA) is 55.3 Å². The number of aromatic nitrogens is 1. The molecule has 1 saturated heterocycles. The molecule has 16 heavy (non-hydrogen) atoms. The largest absolute Gasteiger partial charge is 0.448 e. The molecule has 1 aliphatic heterocycles. The summed E-state index contributed by atoms with van der Waals surface area (Å²) >= 11 is 0. The molecule has 4 heteroatoms. The predicted octanol–water partition coefficient (Wildman–Crippen LogP) is 1.54. The van der Waals surface area contributed by atoms with Gasteiger partial charge in [-0.3, -0.25) is 4.90 Å². The zero-order valence-corrected chi connectivity index (χ0v) is 10.1. The van der Waals surface area contributed by atoms with Gasteiger partial charge < -0.3 is 10.2 Å². The summed E-state index contributed by atoms with van der Waals surface area (Å²) in [5.74, 6) is 1.72. The van der Waals surface area contributed by atoms with Crippen LogP contribution in [0.25, 0.3) is 0 Å². The smallest absolute Gasteiger partial charge is 0.181 e. The molecule has 0 radical (unpaired) electrons. The molecule has 0 bridgehead atoms. The van der Waals surface area contributed by atoms with Crippen molar-refractivity contribution in [1.82, 2.24) is 9.88 Å². The van der Waals surface area contributed by atoms with Gasteiger partial charge in [-0.05, 0) is 32.2 Å². The lowest BCUT2D eigenvalue weighted by atomic mass is 9.92. The minimum Gasteiger partial charge on any atom is -0.448 e. The summed E-state index contributed by atoms with van der Waals surface area (Å²) in [6.07, 6.45) is 3.98. The van der Waals surface area contributed by atoms with Crippen molar-refractivity contribution in [1.29, 1.82) is 0 Å². The zero-order chi connectivity index (χ0) is 11.5. The van der Waals surface area contributed by atoms with Crippen LogP contribution in [-0.4, -0.2) is 29.0 Å². The number of likely N-dealkylation sites (tertiary alicyclic amines) is 1. The van der Waals surface area contributed by atoms with Crippen molar-refractivity contribution in [2.75, 3.05) is 13.1 Å². The van der Waals surface area contributed by atoms with Crippen LogP contribution in [0, 0.1) is 12.8 Å². The molecule has 0 amide bonds. The van der Waals surface area contributed by atoms with Gasteiger partial charge in [-0.1, -0.05) is 6.92 Å². The quantitative estimate of drug-likeness (QED) is 0.844. The van der Waals surface area contributed by atoms with Crippen LogP contribution in [0.2, 0.25) is 0 Å². The number of rotatable bonds is 3. The lowest BCUT2D eigenvalue weighted by molar-refractivity contribution is 0.113. The van der Waals surface area contributed by atoms with E-state index in [0.29, 0.717) is 6.04 Å². The number of hydrogen-bond acceptors (Lipinski definition) is 4. The highest BCUT2D eigenvalue weighted by atomic mass is 16.3. The predicted molar refractivity (Wildman–Crippen MR) is 62.9 cm³/mol. The Morgan fingerprint density at radius 3 is 3.06 bits per heavy atom. The highest BCUT2D eigenvalue weighted by Gasteiger charge is 2.26. The molecule has 1 aliphatic rings. The van der Waals surface area contributed by atoms with Crippen LogP contribution in [0.4, 0.5) is 0 Å². The maximum absolute atomic E-state index is 5.84. The summed E-state index contributed by atoms with van der Waals surface area (Å²) in [7, 11) is 0. The van der Waals surface area contributed by atoms with E-state index in [-0.39, 0.29) is 0 Å². The van der Waals surface area contributed by atoms with Gasteiger partial charge in [-0.25, -0.2) is 4.98 Å². The molecule has 1 fully saturated rings. The second-order valence-electron chi connectivity index (χ2n) is 4.84. The molecular weight excluding hydrogens is 202 g/mol. The minimum absolute atomic E-state index is 0.500. The molecule has 0 aromatic carbocycles. The van der Waals surface area contributed by atoms with Crippen LogP contribution >= 0.6 is 0 Å². The third-order valence-corrected chi connectivity index (χ3v) is 3.57. The van der Waals surface area contributed by atoms with Crippen molar-refractivity contribution in [3.63, 3.8) is 0 Å². The molecule has 2 heterocycles. The lowest BCUT2D eigenvalue weighted by Crippen LogP contribution is -2.45. The van der Waals surface area contributed by atoms with Crippen LogP contribution in [0.5, 0.6) is 0 Å². The highest BCUT2D eigenvalue weighted by Crippen LogP contribution is 2.23. The maximum atomic E-state index is 5.84. The van der Waals surface area contributed by atoms with E-state index >= 15 is 0 Å². The molecule has 2 unspecified atom stereocenters. The number of hydrogen-bond donors (Lipinski definition) is 1. The normalized spacial score (nSPS) is 27.2. The van der Waals surface area contributed by atoms with E-state index in [9.17, 15) is 0 Å². The van der Waals surface area contributed by atoms with Crippen LogP contribution < -0.4 is 5.73 Å². The van der Waals surface area contributed by atoms with Crippen molar-refractivity contribution < 1.29 is 4.42 Å². The summed E-state index contributed by atoms with van der Waals surface area (Å²) in [6.45, 7) is 7.00. The third kappa shape index (κ3) is 2.44. The van der Waals surface area contributed by atoms with Crippen molar-refractivity contribution in [2.24, 2.45) is 11.7 Å². The second-order valence-corrected chi connectivity index (χ2v) is 4.84. The lowest BCUT2D eigenvalue weighted by Gasteiger charge is -2.37. The zero-order valence-electron chi connectivity index (χ0n) is 10.1. The molecule has 0 aliphatic carbocycles. The molecule has 2 rings (SSSR count). The Kier molecular flexibility index (Phi) is 3.61. The molecule has 4 nitrogen and oxygen atoms in total. The summed E-state index contributed by atoms with van der Waals surface area (Å²) in [5.41, 5.74) is 6.89. The summed E-state index contributed by atoms with van der Waals surface area (Å²) in [4.78, 5) is 6.68. The first kappa shape index (κ1) is 11.6. The fourth-order valence-electron chi connectivity index (χ4n) is 2.43. The Hall–Kier alpha value is -0.870. The Bertz CT molecular complexity index is 337. The first-order valence-electron chi connectivity index (χ1n) is 6.03. The van der Waals surface area contributed by atoms with E-state index in [2.05, 4.69) is 16.8 Å². The third-order valence-electron chi connectivity index (χ3n) is 3.57. The minimum atomic E-state index is 0.500. The Morgan fingerprint density at radius 1 is 1.62 bits per heavy atom. The SMILES string of the molecule is Cc1ocnc1CN1CCC(C)CC1CN. The summed E-state index contributed by atoms with van der Waals surface area (Å²) < 4.78 is 5.23. The number of piperidine rings is 1. The fraction of sp³-hybridized carbons (Fsp3) is 0.750. The van der Waals surface area contributed by atoms with E-state index in [0.717, 1.165) is 37.0 Å². The second kappa shape index (κ2) is 4.97. The molecular formula is C12H21N3O. The van der Waals surface area contributed by atoms with Crippen molar-refractivity contribution >= 4 is 0 Å². The van der Waals surface area contributed by atoms with Gasteiger partial charge in [0.2, 0.25) is 0 Å². The Labute approximate surface area is 96.8 Å². The molecule has 0 spiro atoms. The van der Waals surface area contributed by atoms with Gasteiger partial charge in [0.25, 0.3) is 0 Å². The fourth-order valence-corrected chi connectivity index (χ4v) is 2.43. The maximum Gasteiger partial charge on any atom is 0.181 e. The van der Waals surface area contributed by atoms with E-state index in [4.69, 9.17) is 10.2 Å². The summed E-state index contributed by atoms with van der Waals surface area (Å²) in [5, 5.41) is 0. The Morgan fingerprint density at radius 2 is 2.44 bits per heavy atom. The van der Waals surface area contributed by atoms with Gasteiger partial charge in [0.15, 0.2) is 6.39 Å². The van der Waals surface area contributed by atoms with Gasteiger partial charge in [0, 0.05) is 19.1 Å². The van der Waals surface area contributed by atoms with Crippen LogP contribution in [0.15, 0.2) is 10.8 Å². The molecule has 1 aromatic rings. The first-order valence-corrected chi connectivity index (χ1v) is 6.03. The average Bonchev–Trinajstić information content (AvgIpc) is 2.67. The highest BCUT2D eigenvalue weighted by molar-refractivity contribution is 5.05. The van der Waals surface area contributed by atoms with E-state index < -0.39 is 0 Å². The molecule has 90 valence electrons. The number of aryl methyl sites for hydroxylation is 1. The standard InChI is InChI=1S/C12H21N3O/c1-9-3-4-15(11(5-9)6-13)7-12-10(2)16-8-14-12/h8-9,11H,3-7,13H2,1-2H3. The molecule has 2 atom stereocenters. The van der Waals surface area contributed by atoms with Crippen molar-refractivity contribution in [3.8, 4) is 0 Å². The van der Waals surface area contributed by atoms with Gasteiger partial charge in [-0.15, -0.1) is 0 Å². The van der Waals surface area contributed by atoms with E-state index in [1.54, 1.807) is 0 Å². The van der Waals surface area contributed by atoms with Crippen LogP contribution in [-0.2, 0) is 6.54 Å². The van der Waals surface area contributed by atoms with Gasteiger partial charge in [0.1, 0.15) is 5.76 Å². The van der Waals surface area contributed by atoms with Crippen molar-refractivity contribution in [3.05, 3.63) is 17.8 Å². The van der Waals surface area contributed by atoms with E-state index in [1.807, 2.05) is 6.92 Å². The van der Waals surface area contributed by atoms with Gasteiger partial charge in [-0.2, -0.15) is 0 Å². The number of nitrogens with two attached hydrogens (primary N) is 1. The van der Waals surface area contributed by atoms with Crippen molar-refractivity contribution in [2.45, 2.75) is 39.3 Å².